The van der Waals surface area contributed by atoms with Crippen LogP contribution in [0.25, 0.3) is 0 Å². The molecule has 0 atom stereocenters. The molecular weight excluding hydrogens is 430 g/mol. The van der Waals surface area contributed by atoms with Crippen LogP contribution in [-0.2, 0) is 17.1 Å². The highest BCUT2D eigenvalue weighted by Crippen LogP contribution is 2.25. The van der Waals surface area contributed by atoms with Crippen LogP contribution in [0.2, 0.25) is 0 Å². The summed E-state index contributed by atoms with van der Waals surface area (Å²) in [5.41, 5.74) is 0.721. The molecule has 2 aromatic rings. The standard InChI is InChI=1S/C22H29N5O4S/c1-25-16-17(15-23-25)21(28)24-18-9-13-26(14-10-18)22(29)19-7-3-4-8-20(19)32(30,31)27-11-5-2-6-12-27/h3-4,7-8,15-16,18H,2,5-6,9-14H2,1H3,(H,24,28). The van der Waals surface area contributed by atoms with Gasteiger partial charge in [-0.1, -0.05) is 18.6 Å². The molecule has 1 aromatic heterocycles. The lowest BCUT2D eigenvalue weighted by Gasteiger charge is -2.33. The van der Waals surface area contributed by atoms with Crippen LogP contribution in [0.4, 0.5) is 0 Å². The van der Waals surface area contributed by atoms with Crippen LogP contribution in [0, 0.1) is 0 Å². The van der Waals surface area contributed by atoms with E-state index in [-0.39, 0.29) is 28.3 Å². The van der Waals surface area contributed by atoms with Crippen LogP contribution in [-0.4, -0.2) is 71.4 Å². The monoisotopic (exact) mass is 459 g/mol. The molecule has 0 bridgehead atoms. The lowest BCUT2D eigenvalue weighted by Crippen LogP contribution is -2.47. The van der Waals surface area contributed by atoms with Gasteiger partial charge in [0.1, 0.15) is 0 Å². The molecule has 0 unspecified atom stereocenters. The number of nitrogens with zero attached hydrogens (tertiary/aromatic N) is 4. The molecule has 0 aliphatic carbocycles. The van der Waals surface area contributed by atoms with Crippen molar-refractivity contribution in [3.8, 4) is 0 Å². The third-order valence-corrected chi connectivity index (χ3v) is 8.09. The van der Waals surface area contributed by atoms with Crippen molar-refractivity contribution in [3.63, 3.8) is 0 Å². The van der Waals surface area contributed by atoms with E-state index in [9.17, 15) is 18.0 Å². The predicted octanol–water partition coefficient (Wildman–Crippen LogP) is 1.63. The number of hydrogen-bond donors (Lipinski definition) is 1. The van der Waals surface area contributed by atoms with Crippen molar-refractivity contribution in [1.29, 1.82) is 0 Å². The molecule has 2 aliphatic rings. The van der Waals surface area contributed by atoms with Gasteiger partial charge < -0.3 is 10.2 Å². The fraction of sp³-hybridized carbons (Fsp3) is 0.500. The summed E-state index contributed by atoms with van der Waals surface area (Å²) in [4.78, 5) is 27.4. The van der Waals surface area contributed by atoms with Crippen LogP contribution >= 0.6 is 0 Å². The van der Waals surface area contributed by atoms with Crippen LogP contribution in [0.15, 0.2) is 41.6 Å². The Bertz CT molecular complexity index is 1080. The van der Waals surface area contributed by atoms with E-state index in [4.69, 9.17) is 0 Å². The summed E-state index contributed by atoms with van der Waals surface area (Å²) >= 11 is 0. The topological polar surface area (TPSA) is 105 Å². The highest BCUT2D eigenvalue weighted by Gasteiger charge is 2.32. The third kappa shape index (κ3) is 4.71. The minimum Gasteiger partial charge on any atom is -0.349 e. The number of sulfonamides is 1. The minimum atomic E-state index is -3.71. The molecule has 4 rings (SSSR count). The Balaban J connectivity index is 1.42. The van der Waals surface area contributed by atoms with Gasteiger partial charge in [0.2, 0.25) is 10.0 Å². The molecular formula is C22H29N5O4S. The van der Waals surface area contributed by atoms with Crippen molar-refractivity contribution < 1.29 is 18.0 Å². The molecule has 32 heavy (non-hydrogen) atoms. The van der Waals surface area contributed by atoms with Crippen molar-refractivity contribution in [2.45, 2.75) is 43.0 Å². The largest absolute Gasteiger partial charge is 0.349 e. The molecule has 2 aliphatic heterocycles. The highest BCUT2D eigenvalue weighted by molar-refractivity contribution is 7.89. The maximum absolute atomic E-state index is 13.2. The first-order valence-corrected chi connectivity index (χ1v) is 12.5. The quantitative estimate of drug-likeness (QED) is 0.732. The fourth-order valence-corrected chi connectivity index (χ4v) is 6.02. The maximum Gasteiger partial charge on any atom is 0.255 e. The van der Waals surface area contributed by atoms with E-state index in [1.807, 2.05) is 0 Å². The molecule has 1 N–H and O–H groups in total. The lowest BCUT2D eigenvalue weighted by molar-refractivity contribution is 0.0694. The first-order chi connectivity index (χ1) is 15.4. The second kappa shape index (κ2) is 9.41. The zero-order chi connectivity index (χ0) is 22.7. The molecule has 0 spiro atoms. The summed E-state index contributed by atoms with van der Waals surface area (Å²) in [7, 11) is -1.96. The normalized spacial score (nSPS) is 18.5. The van der Waals surface area contributed by atoms with Gasteiger partial charge in [0.15, 0.2) is 0 Å². The number of carbonyl (C=O) groups excluding carboxylic acids is 2. The lowest BCUT2D eigenvalue weighted by atomic mass is 10.0. The zero-order valence-electron chi connectivity index (χ0n) is 18.2. The molecule has 2 amide bonds. The van der Waals surface area contributed by atoms with Gasteiger partial charge in [0, 0.05) is 45.5 Å². The second-order valence-electron chi connectivity index (χ2n) is 8.40. The van der Waals surface area contributed by atoms with Gasteiger partial charge in [-0.25, -0.2) is 8.42 Å². The van der Waals surface area contributed by atoms with Crippen molar-refractivity contribution in [1.82, 2.24) is 24.3 Å². The Labute approximate surface area is 188 Å². The number of aryl methyl sites for hydroxylation is 1. The number of amides is 2. The smallest absolute Gasteiger partial charge is 0.255 e. The molecule has 0 radical (unpaired) electrons. The number of rotatable bonds is 5. The average molecular weight is 460 g/mol. The Morgan fingerprint density at radius 2 is 1.72 bits per heavy atom. The molecule has 3 heterocycles. The summed E-state index contributed by atoms with van der Waals surface area (Å²) in [5.74, 6) is -0.459. The zero-order valence-corrected chi connectivity index (χ0v) is 19.1. The number of aromatic nitrogens is 2. The summed E-state index contributed by atoms with van der Waals surface area (Å²) in [6, 6.07) is 6.43. The molecule has 172 valence electrons. The van der Waals surface area contributed by atoms with Gasteiger partial charge in [-0.2, -0.15) is 9.40 Å². The first kappa shape index (κ1) is 22.5. The SMILES string of the molecule is Cn1cc(C(=O)NC2CCN(C(=O)c3ccccc3S(=O)(=O)N3CCCCC3)CC2)cn1. The Kier molecular flexibility index (Phi) is 6.61. The number of benzene rings is 1. The number of carbonyl (C=O) groups is 2. The van der Waals surface area contributed by atoms with E-state index in [0.717, 1.165) is 19.3 Å². The summed E-state index contributed by atoms with van der Waals surface area (Å²) in [6.45, 7) is 1.89. The minimum absolute atomic E-state index is 0.0425. The van der Waals surface area contributed by atoms with E-state index in [0.29, 0.717) is 44.6 Å². The Morgan fingerprint density at radius 1 is 1.03 bits per heavy atom. The summed E-state index contributed by atoms with van der Waals surface area (Å²) < 4.78 is 29.5. The maximum atomic E-state index is 13.2. The third-order valence-electron chi connectivity index (χ3n) is 6.13. The predicted molar refractivity (Wildman–Crippen MR) is 119 cm³/mol. The second-order valence-corrected chi connectivity index (χ2v) is 10.3. The van der Waals surface area contributed by atoms with Gasteiger partial charge in [-0.05, 0) is 37.8 Å². The van der Waals surface area contributed by atoms with Crippen LogP contribution < -0.4 is 5.32 Å². The van der Waals surface area contributed by atoms with Gasteiger partial charge in [0.05, 0.1) is 22.2 Å². The number of likely N-dealkylation sites (tertiary alicyclic amines) is 1. The van der Waals surface area contributed by atoms with E-state index in [1.54, 1.807) is 41.0 Å². The molecule has 2 saturated heterocycles. The molecule has 10 heteroatoms. The van der Waals surface area contributed by atoms with Crippen LogP contribution in [0.5, 0.6) is 0 Å². The fourth-order valence-electron chi connectivity index (χ4n) is 4.32. The molecule has 0 saturated carbocycles. The number of hydrogen-bond acceptors (Lipinski definition) is 5. The molecule has 2 fully saturated rings. The van der Waals surface area contributed by atoms with E-state index in [2.05, 4.69) is 10.4 Å². The first-order valence-electron chi connectivity index (χ1n) is 11.0. The number of nitrogens with one attached hydrogen (secondary N) is 1. The Hall–Kier alpha value is -2.72. The average Bonchev–Trinajstić information content (AvgIpc) is 3.26. The molecule has 1 aromatic carbocycles. The van der Waals surface area contributed by atoms with Crippen molar-refractivity contribution in [3.05, 3.63) is 47.8 Å². The van der Waals surface area contributed by atoms with Gasteiger partial charge >= 0.3 is 0 Å². The van der Waals surface area contributed by atoms with E-state index < -0.39 is 10.0 Å². The molecule has 9 nitrogen and oxygen atoms in total. The van der Waals surface area contributed by atoms with E-state index >= 15 is 0 Å². The number of piperidine rings is 2. The van der Waals surface area contributed by atoms with Crippen LogP contribution in [0.3, 0.4) is 0 Å². The van der Waals surface area contributed by atoms with E-state index in [1.165, 1.54) is 16.6 Å². The van der Waals surface area contributed by atoms with Crippen molar-refractivity contribution >= 4 is 21.8 Å². The van der Waals surface area contributed by atoms with Crippen molar-refractivity contribution in [2.24, 2.45) is 7.05 Å². The summed E-state index contributed by atoms with van der Waals surface area (Å²) in [6.07, 6.45) is 7.11. The summed E-state index contributed by atoms with van der Waals surface area (Å²) in [5, 5.41) is 7.01. The van der Waals surface area contributed by atoms with Crippen LogP contribution in [0.1, 0.15) is 52.8 Å². The van der Waals surface area contributed by atoms with Gasteiger partial charge in [0.25, 0.3) is 11.8 Å². The van der Waals surface area contributed by atoms with Crippen molar-refractivity contribution in [2.75, 3.05) is 26.2 Å². The highest BCUT2D eigenvalue weighted by atomic mass is 32.2. The Morgan fingerprint density at radius 3 is 2.38 bits per heavy atom. The van der Waals surface area contributed by atoms with Gasteiger partial charge in [-0.15, -0.1) is 0 Å². The van der Waals surface area contributed by atoms with Gasteiger partial charge in [-0.3, -0.25) is 14.3 Å².